The summed E-state index contributed by atoms with van der Waals surface area (Å²) in [6, 6.07) is 20.0. The van der Waals surface area contributed by atoms with Crippen LogP contribution in [0.1, 0.15) is 17.3 Å². The maximum atomic E-state index is 12.4. The highest BCUT2D eigenvalue weighted by Gasteiger charge is 2.12. The van der Waals surface area contributed by atoms with Crippen LogP contribution in [0, 0.1) is 0 Å². The minimum Gasteiger partial charge on any atom is -0.493 e. The van der Waals surface area contributed by atoms with Gasteiger partial charge < -0.3 is 14.8 Å². The van der Waals surface area contributed by atoms with Crippen molar-refractivity contribution in [3.8, 4) is 17.4 Å². The summed E-state index contributed by atoms with van der Waals surface area (Å²) in [7, 11) is 0. The van der Waals surface area contributed by atoms with E-state index in [9.17, 15) is 4.79 Å². The zero-order valence-electron chi connectivity index (χ0n) is 13.8. The summed E-state index contributed by atoms with van der Waals surface area (Å²) >= 11 is 0. The number of amides is 1. The Morgan fingerprint density at radius 2 is 1.76 bits per heavy atom. The number of carbonyl (C=O) groups excluding carboxylic acids is 1. The average molecular weight is 334 g/mol. The van der Waals surface area contributed by atoms with E-state index in [0.29, 0.717) is 35.2 Å². The van der Waals surface area contributed by atoms with Crippen LogP contribution >= 0.6 is 0 Å². The summed E-state index contributed by atoms with van der Waals surface area (Å²) in [5, 5.41) is 2.81. The van der Waals surface area contributed by atoms with Crippen LogP contribution in [-0.2, 0) is 0 Å². The summed E-state index contributed by atoms with van der Waals surface area (Å²) in [6.45, 7) is 2.38. The van der Waals surface area contributed by atoms with E-state index in [1.165, 1.54) is 0 Å². The molecular formula is C20H18N2O3. The first-order valence-corrected chi connectivity index (χ1v) is 7.98. The van der Waals surface area contributed by atoms with Gasteiger partial charge in [0.1, 0.15) is 11.5 Å². The highest BCUT2D eigenvalue weighted by Crippen LogP contribution is 2.22. The Labute approximate surface area is 146 Å². The molecule has 0 aliphatic rings. The van der Waals surface area contributed by atoms with Gasteiger partial charge in [-0.2, -0.15) is 0 Å². The van der Waals surface area contributed by atoms with E-state index >= 15 is 0 Å². The van der Waals surface area contributed by atoms with Crippen molar-refractivity contribution in [2.45, 2.75) is 6.92 Å². The van der Waals surface area contributed by atoms with E-state index in [0.717, 1.165) is 0 Å². The molecule has 1 aromatic heterocycles. The first-order valence-electron chi connectivity index (χ1n) is 7.98. The number of pyridine rings is 1. The first kappa shape index (κ1) is 16.5. The van der Waals surface area contributed by atoms with Gasteiger partial charge in [0.15, 0.2) is 0 Å². The topological polar surface area (TPSA) is 60.5 Å². The van der Waals surface area contributed by atoms with Crippen LogP contribution in [0.3, 0.4) is 0 Å². The molecule has 5 nitrogen and oxygen atoms in total. The van der Waals surface area contributed by atoms with Gasteiger partial charge in [-0.3, -0.25) is 4.79 Å². The molecule has 25 heavy (non-hydrogen) atoms. The fourth-order valence-electron chi connectivity index (χ4n) is 2.26. The van der Waals surface area contributed by atoms with Gasteiger partial charge in [-0.25, -0.2) is 4.98 Å². The summed E-state index contributed by atoms with van der Waals surface area (Å²) in [6.07, 6.45) is 1.56. The Kier molecular flexibility index (Phi) is 5.26. The van der Waals surface area contributed by atoms with Crippen molar-refractivity contribution in [3.63, 3.8) is 0 Å². The number of benzene rings is 2. The molecule has 1 heterocycles. The van der Waals surface area contributed by atoms with Crippen LogP contribution in [0.4, 0.5) is 5.69 Å². The van der Waals surface area contributed by atoms with E-state index in [1.54, 1.807) is 36.5 Å². The Hall–Kier alpha value is -3.34. The van der Waals surface area contributed by atoms with E-state index in [-0.39, 0.29) is 5.91 Å². The van der Waals surface area contributed by atoms with Gasteiger partial charge in [-0.05, 0) is 37.3 Å². The average Bonchev–Trinajstić information content (AvgIpc) is 2.65. The van der Waals surface area contributed by atoms with Crippen LogP contribution < -0.4 is 14.8 Å². The van der Waals surface area contributed by atoms with Crippen molar-refractivity contribution in [2.75, 3.05) is 11.9 Å². The molecule has 0 radical (unpaired) electrons. The second-order valence-electron chi connectivity index (χ2n) is 5.18. The lowest BCUT2D eigenvalue weighted by Gasteiger charge is -2.10. The summed E-state index contributed by atoms with van der Waals surface area (Å²) in [5.41, 5.74) is 1.06. The zero-order chi connectivity index (χ0) is 17.5. The zero-order valence-corrected chi connectivity index (χ0v) is 13.8. The number of anilines is 1. The van der Waals surface area contributed by atoms with Crippen LogP contribution in [0.2, 0.25) is 0 Å². The molecule has 0 saturated heterocycles. The molecular weight excluding hydrogens is 316 g/mol. The number of aromatic nitrogens is 1. The Morgan fingerprint density at radius 3 is 2.48 bits per heavy atom. The molecule has 1 amide bonds. The van der Waals surface area contributed by atoms with Gasteiger partial charge in [-0.15, -0.1) is 0 Å². The summed E-state index contributed by atoms with van der Waals surface area (Å²) < 4.78 is 11.1. The maximum absolute atomic E-state index is 12.4. The lowest BCUT2D eigenvalue weighted by molar-refractivity contribution is 0.102. The van der Waals surface area contributed by atoms with E-state index in [2.05, 4.69) is 10.3 Å². The molecule has 126 valence electrons. The number of hydrogen-bond donors (Lipinski definition) is 1. The van der Waals surface area contributed by atoms with E-state index in [1.807, 2.05) is 43.3 Å². The minimum atomic E-state index is -0.248. The van der Waals surface area contributed by atoms with Crippen molar-refractivity contribution >= 4 is 11.6 Å². The lowest BCUT2D eigenvalue weighted by atomic mass is 10.2. The standard InChI is InChI=1S/C20H18N2O3/c1-2-24-18-11-7-6-10-17(18)20(23)22-15-12-13-19(21-14-15)25-16-8-4-3-5-9-16/h3-14H,2H2,1H3,(H,22,23). The SMILES string of the molecule is CCOc1ccccc1C(=O)Nc1ccc(Oc2ccccc2)nc1. The Bertz CT molecular complexity index is 833. The molecule has 5 heteroatoms. The molecule has 3 aromatic rings. The van der Waals surface area contributed by atoms with Crippen LogP contribution in [0.25, 0.3) is 0 Å². The molecule has 0 saturated carbocycles. The molecule has 1 N–H and O–H groups in total. The Morgan fingerprint density at radius 1 is 1.00 bits per heavy atom. The normalized spacial score (nSPS) is 10.1. The van der Waals surface area contributed by atoms with Crippen LogP contribution in [-0.4, -0.2) is 17.5 Å². The van der Waals surface area contributed by atoms with Crippen molar-refractivity contribution in [3.05, 3.63) is 78.5 Å². The number of nitrogens with zero attached hydrogens (tertiary/aromatic N) is 1. The predicted molar refractivity (Wildman–Crippen MR) is 96.3 cm³/mol. The van der Waals surface area contributed by atoms with Crippen LogP contribution in [0.15, 0.2) is 72.9 Å². The minimum absolute atomic E-state index is 0.248. The number of hydrogen-bond acceptors (Lipinski definition) is 4. The molecule has 0 aliphatic carbocycles. The molecule has 0 atom stereocenters. The fraction of sp³-hybridized carbons (Fsp3) is 0.100. The quantitative estimate of drug-likeness (QED) is 0.720. The number of ether oxygens (including phenoxy) is 2. The number of carbonyl (C=O) groups is 1. The second kappa shape index (κ2) is 7.97. The predicted octanol–water partition coefficient (Wildman–Crippen LogP) is 4.52. The third-order valence-electron chi connectivity index (χ3n) is 3.39. The van der Waals surface area contributed by atoms with Gasteiger partial charge in [-0.1, -0.05) is 30.3 Å². The number of nitrogens with one attached hydrogen (secondary N) is 1. The largest absolute Gasteiger partial charge is 0.493 e. The van der Waals surface area contributed by atoms with Gasteiger partial charge in [0.05, 0.1) is 24.1 Å². The second-order valence-corrected chi connectivity index (χ2v) is 5.18. The van der Waals surface area contributed by atoms with Crippen molar-refractivity contribution in [2.24, 2.45) is 0 Å². The van der Waals surface area contributed by atoms with Crippen LogP contribution in [0.5, 0.6) is 17.4 Å². The molecule has 0 bridgehead atoms. The first-order chi connectivity index (χ1) is 12.3. The van der Waals surface area contributed by atoms with Gasteiger partial charge in [0.25, 0.3) is 5.91 Å². The molecule has 3 rings (SSSR count). The fourth-order valence-corrected chi connectivity index (χ4v) is 2.26. The van der Waals surface area contributed by atoms with Crippen molar-refractivity contribution in [1.29, 1.82) is 0 Å². The number of rotatable bonds is 6. The van der Waals surface area contributed by atoms with Gasteiger partial charge in [0, 0.05) is 6.07 Å². The molecule has 2 aromatic carbocycles. The Balaban J connectivity index is 1.68. The monoisotopic (exact) mass is 334 g/mol. The van der Waals surface area contributed by atoms with Gasteiger partial charge in [0.2, 0.25) is 5.88 Å². The van der Waals surface area contributed by atoms with E-state index < -0.39 is 0 Å². The summed E-state index contributed by atoms with van der Waals surface area (Å²) in [4.78, 5) is 16.6. The smallest absolute Gasteiger partial charge is 0.259 e. The van der Waals surface area contributed by atoms with Crippen molar-refractivity contribution in [1.82, 2.24) is 4.98 Å². The number of para-hydroxylation sites is 2. The highest BCUT2D eigenvalue weighted by molar-refractivity contribution is 6.06. The molecule has 0 unspecified atom stereocenters. The van der Waals surface area contributed by atoms with Crippen molar-refractivity contribution < 1.29 is 14.3 Å². The third-order valence-corrected chi connectivity index (χ3v) is 3.39. The summed E-state index contributed by atoms with van der Waals surface area (Å²) in [5.74, 6) is 1.47. The molecule has 0 aliphatic heterocycles. The molecule has 0 fully saturated rings. The third kappa shape index (κ3) is 4.35. The van der Waals surface area contributed by atoms with Gasteiger partial charge >= 0.3 is 0 Å². The van der Waals surface area contributed by atoms with E-state index in [4.69, 9.17) is 9.47 Å². The molecule has 0 spiro atoms. The highest BCUT2D eigenvalue weighted by atomic mass is 16.5. The lowest BCUT2D eigenvalue weighted by Crippen LogP contribution is -2.13. The maximum Gasteiger partial charge on any atom is 0.259 e.